The fraction of sp³-hybridized carbons (Fsp3) is 0.318. The van der Waals surface area contributed by atoms with Gasteiger partial charge in [-0.3, -0.25) is 9.69 Å². The standard InChI is InChI=1S/C22H23FN4O2/c1-15-4-6-16(7-5-15)22-25-20(26-29-22)14-27-12-2-3-17(13-27)21(28)24-19-10-8-18(23)9-11-19/h4-11,17H,2-3,12-14H2,1H3,(H,24,28)/t17-/m0/s1. The van der Waals surface area contributed by atoms with Crippen LogP contribution in [-0.4, -0.2) is 34.0 Å². The summed E-state index contributed by atoms with van der Waals surface area (Å²) in [5.41, 5.74) is 2.67. The average molecular weight is 394 g/mol. The minimum absolute atomic E-state index is 0.0465. The summed E-state index contributed by atoms with van der Waals surface area (Å²) in [6.45, 7) is 4.08. The number of nitrogens with one attached hydrogen (secondary N) is 1. The van der Waals surface area contributed by atoms with Gasteiger partial charge in [-0.15, -0.1) is 0 Å². The van der Waals surface area contributed by atoms with Crippen molar-refractivity contribution >= 4 is 11.6 Å². The largest absolute Gasteiger partial charge is 0.334 e. The Balaban J connectivity index is 1.35. The number of piperidine rings is 1. The first-order valence-electron chi connectivity index (χ1n) is 9.75. The van der Waals surface area contributed by atoms with Gasteiger partial charge >= 0.3 is 0 Å². The molecule has 150 valence electrons. The quantitative estimate of drug-likeness (QED) is 0.707. The van der Waals surface area contributed by atoms with E-state index in [1.807, 2.05) is 31.2 Å². The first-order valence-corrected chi connectivity index (χ1v) is 9.75. The van der Waals surface area contributed by atoms with Crippen molar-refractivity contribution in [2.24, 2.45) is 5.92 Å². The summed E-state index contributed by atoms with van der Waals surface area (Å²) in [6, 6.07) is 13.8. The van der Waals surface area contributed by atoms with E-state index in [4.69, 9.17) is 4.52 Å². The number of carbonyl (C=O) groups excluding carboxylic acids is 1. The van der Waals surface area contributed by atoms with Gasteiger partial charge in [-0.2, -0.15) is 4.98 Å². The summed E-state index contributed by atoms with van der Waals surface area (Å²) in [5.74, 6) is 0.617. The number of aromatic nitrogens is 2. The van der Waals surface area contributed by atoms with Gasteiger partial charge in [-0.25, -0.2) is 4.39 Å². The number of hydrogen-bond donors (Lipinski definition) is 1. The molecule has 1 aromatic heterocycles. The number of likely N-dealkylation sites (tertiary alicyclic amines) is 1. The van der Waals surface area contributed by atoms with Gasteiger partial charge in [0.05, 0.1) is 12.5 Å². The number of anilines is 1. The molecule has 1 amide bonds. The highest BCUT2D eigenvalue weighted by Crippen LogP contribution is 2.22. The molecule has 6 nitrogen and oxygen atoms in total. The van der Waals surface area contributed by atoms with Gasteiger partial charge in [0.25, 0.3) is 5.89 Å². The van der Waals surface area contributed by atoms with Gasteiger partial charge < -0.3 is 9.84 Å². The first kappa shape index (κ1) is 19.3. The van der Waals surface area contributed by atoms with Gasteiger partial charge in [-0.1, -0.05) is 22.9 Å². The van der Waals surface area contributed by atoms with Crippen LogP contribution in [0.2, 0.25) is 0 Å². The Hall–Kier alpha value is -3.06. The van der Waals surface area contributed by atoms with E-state index < -0.39 is 0 Å². The lowest BCUT2D eigenvalue weighted by atomic mass is 9.97. The molecule has 7 heteroatoms. The number of nitrogens with zero attached hydrogens (tertiary/aromatic N) is 3. The Morgan fingerprint density at radius 2 is 1.97 bits per heavy atom. The van der Waals surface area contributed by atoms with E-state index in [1.54, 1.807) is 12.1 Å². The summed E-state index contributed by atoms with van der Waals surface area (Å²) < 4.78 is 18.4. The number of halogens is 1. The molecule has 2 heterocycles. The summed E-state index contributed by atoms with van der Waals surface area (Å²) in [4.78, 5) is 19.2. The third-order valence-electron chi connectivity index (χ3n) is 5.12. The van der Waals surface area contributed by atoms with Crippen LogP contribution in [0.15, 0.2) is 53.1 Å². The number of carbonyl (C=O) groups is 1. The second kappa shape index (κ2) is 8.53. The molecule has 1 atom stereocenters. The zero-order valence-electron chi connectivity index (χ0n) is 16.3. The van der Waals surface area contributed by atoms with Crippen molar-refractivity contribution in [3.8, 4) is 11.5 Å². The third kappa shape index (κ3) is 4.86. The zero-order valence-corrected chi connectivity index (χ0v) is 16.3. The van der Waals surface area contributed by atoms with Crippen LogP contribution in [0.5, 0.6) is 0 Å². The first-order chi connectivity index (χ1) is 14.1. The molecule has 0 unspecified atom stereocenters. The molecule has 0 spiro atoms. The molecular formula is C22H23FN4O2. The van der Waals surface area contributed by atoms with Crippen LogP contribution in [0.4, 0.5) is 10.1 Å². The van der Waals surface area contributed by atoms with E-state index in [0.717, 1.165) is 24.9 Å². The lowest BCUT2D eigenvalue weighted by Gasteiger charge is -2.31. The van der Waals surface area contributed by atoms with Crippen molar-refractivity contribution in [1.82, 2.24) is 15.0 Å². The normalized spacial score (nSPS) is 17.2. The molecule has 2 aromatic carbocycles. The minimum Gasteiger partial charge on any atom is -0.334 e. The van der Waals surface area contributed by atoms with Gasteiger partial charge in [0.1, 0.15) is 5.82 Å². The number of aryl methyl sites for hydroxylation is 1. The van der Waals surface area contributed by atoms with Crippen LogP contribution in [0.1, 0.15) is 24.2 Å². The summed E-state index contributed by atoms with van der Waals surface area (Å²) >= 11 is 0. The van der Waals surface area contributed by atoms with Gasteiger partial charge in [0.15, 0.2) is 5.82 Å². The fourth-order valence-electron chi connectivity index (χ4n) is 3.52. The highest BCUT2D eigenvalue weighted by Gasteiger charge is 2.27. The molecule has 0 bridgehead atoms. The number of hydrogen-bond acceptors (Lipinski definition) is 5. The topological polar surface area (TPSA) is 71.3 Å². The van der Waals surface area contributed by atoms with Gasteiger partial charge in [-0.05, 0) is 62.7 Å². The van der Waals surface area contributed by atoms with Crippen molar-refractivity contribution < 1.29 is 13.7 Å². The van der Waals surface area contributed by atoms with E-state index in [9.17, 15) is 9.18 Å². The Bertz CT molecular complexity index is 969. The average Bonchev–Trinajstić information content (AvgIpc) is 3.19. The Kier molecular flexibility index (Phi) is 5.67. The third-order valence-corrected chi connectivity index (χ3v) is 5.12. The lowest BCUT2D eigenvalue weighted by molar-refractivity contribution is -0.121. The van der Waals surface area contributed by atoms with E-state index in [0.29, 0.717) is 30.5 Å². The van der Waals surface area contributed by atoms with E-state index >= 15 is 0 Å². The molecular weight excluding hydrogens is 371 g/mol. The molecule has 29 heavy (non-hydrogen) atoms. The molecule has 4 rings (SSSR count). The molecule has 3 aromatic rings. The maximum absolute atomic E-state index is 13.0. The van der Waals surface area contributed by atoms with Crippen LogP contribution in [0, 0.1) is 18.7 Å². The summed E-state index contributed by atoms with van der Waals surface area (Å²) in [5, 5.41) is 6.96. The Labute approximate surface area is 168 Å². The van der Waals surface area contributed by atoms with Crippen LogP contribution in [0.25, 0.3) is 11.5 Å². The Morgan fingerprint density at radius 3 is 2.72 bits per heavy atom. The fourth-order valence-corrected chi connectivity index (χ4v) is 3.52. The molecule has 1 aliphatic rings. The van der Waals surface area contributed by atoms with Gasteiger partial charge in [0.2, 0.25) is 5.91 Å². The van der Waals surface area contributed by atoms with Crippen molar-refractivity contribution in [2.75, 3.05) is 18.4 Å². The molecule has 0 saturated carbocycles. The maximum Gasteiger partial charge on any atom is 0.257 e. The predicted molar refractivity (Wildman–Crippen MR) is 108 cm³/mol. The molecule has 1 aliphatic heterocycles. The Morgan fingerprint density at radius 1 is 1.21 bits per heavy atom. The van der Waals surface area contributed by atoms with Crippen molar-refractivity contribution in [3.63, 3.8) is 0 Å². The summed E-state index contributed by atoms with van der Waals surface area (Å²) in [7, 11) is 0. The van der Waals surface area contributed by atoms with Crippen LogP contribution >= 0.6 is 0 Å². The van der Waals surface area contributed by atoms with Crippen LogP contribution in [-0.2, 0) is 11.3 Å². The number of amides is 1. The van der Waals surface area contributed by atoms with Crippen molar-refractivity contribution in [1.29, 1.82) is 0 Å². The van der Waals surface area contributed by atoms with E-state index in [2.05, 4.69) is 20.4 Å². The molecule has 0 aliphatic carbocycles. The second-order valence-electron chi connectivity index (χ2n) is 7.45. The molecule has 1 fully saturated rings. The van der Waals surface area contributed by atoms with Crippen molar-refractivity contribution in [2.45, 2.75) is 26.3 Å². The summed E-state index contributed by atoms with van der Waals surface area (Å²) in [6.07, 6.45) is 1.74. The van der Waals surface area contributed by atoms with Crippen molar-refractivity contribution in [3.05, 3.63) is 65.7 Å². The minimum atomic E-state index is -0.322. The lowest BCUT2D eigenvalue weighted by Crippen LogP contribution is -2.40. The highest BCUT2D eigenvalue weighted by molar-refractivity contribution is 5.92. The highest BCUT2D eigenvalue weighted by atomic mass is 19.1. The smallest absolute Gasteiger partial charge is 0.257 e. The predicted octanol–water partition coefficient (Wildman–Crippen LogP) is 4.03. The molecule has 0 radical (unpaired) electrons. The zero-order chi connectivity index (χ0) is 20.2. The van der Waals surface area contributed by atoms with Gasteiger partial charge in [0, 0.05) is 17.8 Å². The number of rotatable bonds is 5. The van der Waals surface area contributed by atoms with E-state index in [-0.39, 0.29) is 17.6 Å². The van der Waals surface area contributed by atoms with Crippen LogP contribution < -0.4 is 5.32 Å². The molecule has 1 N–H and O–H groups in total. The van der Waals surface area contributed by atoms with Crippen LogP contribution in [0.3, 0.4) is 0 Å². The maximum atomic E-state index is 13.0. The monoisotopic (exact) mass is 394 g/mol. The second-order valence-corrected chi connectivity index (χ2v) is 7.45. The van der Waals surface area contributed by atoms with E-state index in [1.165, 1.54) is 17.7 Å². The SMILES string of the molecule is Cc1ccc(-c2nc(CN3CCC[C@H](C(=O)Nc4ccc(F)cc4)C3)no2)cc1. The number of benzene rings is 2. The molecule has 1 saturated heterocycles.